The third-order valence-corrected chi connectivity index (χ3v) is 5.92. The van der Waals surface area contributed by atoms with E-state index in [0.717, 1.165) is 5.56 Å². The van der Waals surface area contributed by atoms with Gasteiger partial charge in [0, 0.05) is 37.3 Å². The van der Waals surface area contributed by atoms with E-state index in [4.69, 9.17) is 26.1 Å². The average molecular weight is 456 g/mol. The van der Waals surface area contributed by atoms with Crippen molar-refractivity contribution in [2.24, 2.45) is 0 Å². The second-order valence-electron chi connectivity index (χ2n) is 7.71. The van der Waals surface area contributed by atoms with Gasteiger partial charge in [-0.15, -0.1) is 5.10 Å². The van der Waals surface area contributed by atoms with Crippen LogP contribution in [0.1, 0.15) is 17.3 Å². The van der Waals surface area contributed by atoms with Crippen LogP contribution in [0.3, 0.4) is 0 Å². The first-order valence-corrected chi connectivity index (χ1v) is 10.6. The van der Waals surface area contributed by atoms with Gasteiger partial charge in [0.25, 0.3) is 4.84 Å². The number of fused-ring (bicyclic) bond motifs is 1. The van der Waals surface area contributed by atoms with Gasteiger partial charge in [0.1, 0.15) is 5.82 Å². The number of anilines is 1. The summed E-state index contributed by atoms with van der Waals surface area (Å²) in [6, 6.07) is 10.1. The molecule has 0 bridgehead atoms. The van der Waals surface area contributed by atoms with Gasteiger partial charge in [0.15, 0.2) is 17.3 Å². The molecule has 3 heterocycles. The fraction of sp³-hybridized carbons (Fsp3) is 0.318. The van der Waals surface area contributed by atoms with Crippen LogP contribution < -0.4 is 14.4 Å². The Kier molecular flexibility index (Phi) is 5.40. The number of hydrogen-bond donors (Lipinski definition) is 0. The predicted octanol–water partition coefficient (Wildman–Crippen LogP) is 3.72. The van der Waals surface area contributed by atoms with E-state index in [9.17, 15) is 9.18 Å². The first-order valence-electron chi connectivity index (χ1n) is 10.2. The minimum Gasteiger partial charge on any atom is -0.454 e. The Morgan fingerprint density at radius 1 is 1.09 bits per heavy atom. The van der Waals surface area contributed by atoms with Crippen LogP contribution >= 0.6 is 12.2 Å². The van der Waals surface area contributed by atoms with Gasteiger partial charge >= 0.3 is 0 Å². The number of Topliss-reactive ketones (excluding diaryl/α,β-unsaturated/α-hetero) is 1. The van der Waals surface area contributed by atoms with Crippen molar-refractivity contribution in [3.8, 4) is 23.0 Å². The Morgan fingerprint density at radius 2 is 1.88 bits per heavy atom. The summed E-state index contributed by atoms with van der Waals surface area (Å²) in [6.45, 7) is 4.83. The van der Waals surface area contributed by atoms with Gasteiger partial charge < -0.3 is 18.8 Å². The first-order chi connectivity index (χ1) is 15.5. The number of carbonyl (C=O) groups is 1. The Labute approximate surface area is 188 Å². The maximum absolute atomic E-state index is 14.5. The summed E-state index contributed by atoms with van der Waals surface area (Å²) in [6.07, 6.45) is 0. The van der Waals surface area contributed by atoms with Crippen molar-refractivity contribution in [2.45, 2.75) is 13.6 Å². The molecule has 166 valence electrons. The molecule has 0 unspecified atom stereocenters. The summed E-state index contributed by atoms with van der Waals surface area (Å²) >= 11 is 5.35. The zero-order valence-electron chi connectivity index (χ0n) is 17.4. The monoisotopic (exact) mass is 456 g/mol. The molecule has 32 heavy (non-hydrogen) atoms. The molecule has 0 spiro atoms. The highest BCUT2D eigenvalue weighted by atomic mass is 32.1. The lowest BCUT2D eigenvalue weighted by molar-refractivity contribution is 0.101. The number of ether oxygens (including phenoxy) is 2. The molecule has 5 rings (SSSR count). The van der Waals surface area contributed by atoms with Crippen LogP contribution in [0.2, 0.25) is 0 Å². The summed E-state index contributed by atoms with van der Waals surface area (Å²) in [7, 11) is 0. The number of hydrogen-bond acceptors (Lipinski definition) is 8. The van der Waals surface area contributed by atoms with Crippen LogP contribution in [0.4, 0.5) is 10.1 Å². The number of benzene rings is 2. The van der Waals surface area contributed by atoms with Crippen molar-refractivity contribution < 1.29 is 23.1 Å². The van der Waals surface area contributed by atoms with Crippen molar-refractivity contribution >= 4 is 23.7 Å². The maximum atomic E-state index is 14.5. The van der Waals surface area contributed by atoms with E-state index in [-0.39, 0.29) is 23.2 Å². The summed E-state index contributed by atoms with van der Waals surface area (Å²) in [5.74, 6) is 1.23. The Balaban J connectivity index is 1.24. The molecule has 3 aromatic rings. The van der Waals surface area contributed by atoms with Gasteiger partial charge in [-0.2, -0.15) is 0 Å². The predicted molar refractivity (Wildman–Crippen MR) is 117 cm³/mol. The summed E-state index contributed by atoms with van der Waals surface area (Å²) in [5.41, 5.74) is 1.65. The number of carbonyl (C=O) groups excluding carboxylic acids is 1. The van der Waals surface area contributed by atoms with Gasteiger partial charge in [-0.1, -0.05) is 0 Å². The molecule has 1 saturated heterocycles. The SMILES string of the molecule is CC(=O)c1ccc(N2CCN(Cn3nc(-c4ccc5c(c4)OCO5)oc3=S)CC2)c(F)c1. The van der Waals surface area contributed by atoms with Crippen LogP contribution in [0.15, 0.2) is 40.8 Å². The minimum atomic E-state index is -0.377. The average Bonchev–Trinajstić information content (AvgIpc) is 3.40. The van der Waals surface area contributed by atoms with Crippen LogP contribution in [-0.2, 0) is 6.67 Å². The standard InChI is InChI=1S/C22H21FN4O4S/c1-14(28)15-2-4-18(17(23)10-15)26-8-6-25(7-9-26)12-27-22(32)31-21(24-27)16-3-5-19-20(11-16)30-13-29-19/h2-5,10-11H,6-9,12-13H2,1H3. The molecule has 1 fully saturated rings. The van der Waals surface area contributed by atoms with Crippen molar-refractivity contribution in [2.75, 3.05) is 37.9 Å². The summed E-state index contributed by atoms with van der Waals surface area (Å²) in [4.78, 5) is 15.9. The van der Waals surface area contributed by atoms with Crippen LogP contribution in [-0.4, -0.2) is 53.4 Å². The van der Waals surface area contributed by atoms with Crippen molar-refractivity contribution in [1.82, 2.24) is 14.7 Å². The number of ketones is 1. The molecule has 8 nitrogen and oxygen atoms in total. The molecule has 0 amide bonds. The van der Waals surface area contributed by atoms with E-state index in [0.29, 0.717) is 61.5 Å². The maximum Gasteiger partial charge on any atom is 0.288 e. The minimum absolute atomic E-state index is 0.148. The Hall–Kier alpha value is -3.24. The normalized spacial score (nSPS) is 15.9. The number of rotatable bonds is 5. The molecule has 2 aliphatic rings. The zero-order valence-corrected chi connectivity index (χ0v) is 18.2. The molecule has 10 heteroatoms. The van der Waals surface area contributed by atoms with E-state index >= 15 is 0 Å². The highest BCUT2D eigenvalue weighted by molar-refractivity contribution is 7.71. The molecule has 0 aliphatic carbocycles. The van der Waals surface area contributed by atoms with Gasteiger partial charge in [0.05, 0.1) is 12.4 Å². The van der Waals surface area contributed by atoms with Gasteiger partial charge in [0.2, 0.25) is 12.7 Å². The number of halogens is 1. The topological polar surface area (TPSA) is 73.0 Å². The lowest BCUT2D eigenvalue weighted by Crippen LogP contribution is -2.47. The van der Waals surface area contributed by atoms with Crippen LogP contribution in [0.25, 0.3) is 11.5 Å². The third kappa shape index (κ3) is 3.98. The molecule has 0 atom stereocenters. The molecule has 0 radical (unpaired) electrons. The molecular weight excluding hydrogens is 435 g/mol. The van der Waals surface area contributed by atoms with E-state index in [1.165, 1.54) is 13.0 Å². The Bertz CT molecular complexity index is 1230. The molecule has 0 N–H and O–H groups in total. The second-order valence-corrected chi connectivity index (χ2v) is 8.06. The van der Waals surface area contributed by atoms with E-state index in [1.54, 1.807) is 16.8 Å². The zero-order chi connectivity index (χ0) is 22.2. The van der Waals surface area contributed by atoms with Crippen molar-refractivity contribution in [3.63, 3.8) is 0 Å². The molecule has 2 aliphatic heterocycles. The molecule has 0 saturated carbocycles. The van der Waals surface area contributed by atoms with Gasteiger partial charge in [-0.05, 0) is 55.5 Å². The number of piperazine rings is 1. The fourth-order valence-corrected chi connectivity index (χ4v) is 4.02. The summed E-state index contributed by atoms with van der Waals surface area (Å²) < 4.78 is 32.6. The van der Waals surface area contributed by atoms with Crippen LogP contribution in [0, 0.1) is 10.7 Å². The van der Waals surface area contributed by atoms with E-state index < -0.39 is 0 Å². The quantitative estimate of drug-likeness (QED) is 0.425. The molecule has 1 aromatic heterocycles. The van der Waals surface area contributed by atoms with Crippen molar-refractivity contribution in [1.29, 1.82) is 0 Å². The highest BCUT2D eigenvalue weighted by Crippen LogP contribution is 2.35. The largest absolute Gasteiger partial charge is 0.454 e. The number of aromatic nitrogens is 2. The second kappa shape index (κ2) is 8.36. The molecular formula is C22H21FN4O4S. The first kappa shape index (κ1) is 20.7. The van der Waals surface area contributed by atoms with Gasteiger partial charge in [-0.25, -0.2) is 9.07 Å². The lowest BCUT2D eigenvalue weighted by atomic mass is 10.1. The smallest absolute Gasteiger partial charge is 0.288 e. The Morgan fingerprint density at radius 3 is 2.62 bits per heavy atom. The van der Waals surface area contributed by atoms with Crippen molar-refractivity contribution in [3.05, 3.63) is 52.6 Å². The summed E-state index contributed by atoms with van der Waals surface area (Å²) in [5, 5.41) is 4.52. The van der Waals surface area contributed by atoms with Gasteiger partial charge in [-0.3, -0.25) is 9.69 Å². The lowest BCUT2D eigenvalue weighted by Gasteiger charge is -2.35. The third-order valence-electron chi connectivity index (χ3n) is 5.63. The van der Waals surface area contributed by atoms with Crippen LogP contribution in [0.5, 0.6) is 11.5 Å². The van der Waals surface area contributed by atoms with E-state index in [2.05, 4.69) is 10.00 Å². The highest BCUT2D eigenvalue weighted by Gasteiger charge is 2.22. The fourth-order valence-electron chi connectivity index (χ4n) is 3.84. The molecule has 2 aromatic carbocycles. The van der Waals surface area contributed by atoms with E-state index in [1.807, 2.05) is 23.1 Å². The number of nitrogens with zero attached hydrogens (tertiary/aromatic N) is 4.